The van der Waals surface area contributed by atoms with Gasteiger partial charge in [-0.1, -0.05) is 0 Å². The third kappa shape index (κ3) is 1.99. The lowest BCUT2D eigenvalue weighted by molar-refractivity contribution is 0.630. The second-order valence-electron chi connectivity index (χ2n) is 3.69. The van der Waals surface area contributed by atoms with Crippen LogP contribution in [-0.4, -0.2) is 14.8 Å². The summed E-state index contributed by atoms with van der Waals surface area (Å²) in [4.78, 5) is 4.41. The quantitative estimate of drug-likeness (QED) is 0.756. The van der Waals surface area contributed by atoms with Crippen molar-refractivity contribution in [2.24, 2.45) is 0 Å². The fourth-order valence-corrected chi connectivity index (χ4v) is 2.60. The molecule has 2 aromatic heterocycles. The molecule has 17 heavy (non-hydrogen) atoms. The molecule has 0 spiro atoms. The van der Waals surface area contributed by atoms with Gasteiger partial charge in [-0.15, -0.1) is 11.3 Å². The zero-order valence-corrected chi connectivity index (χ0v) is 9.62. The summed E-state index contributed by atoms with van der Waals surface area (Å²) in [5, 5.41) is 4.97. The van der Waals surface area contributed by atoms with Gasteiger partial charge in [0.1, 0.15) is 10.8 Å². The second-order valence-corrected chi connectivity index (χ2v) is 4.81. The molecule has 3 rings (SSSR count). The van der Waals surface area contributed by atoms with E-state index in [4.69, 9.17) is 5.73 Å². The second kappa shape index (κ2) is 3.81. The maximum absolute atomic E-state index is 13.0. The topological polar surface area (TPSA) is 56.7 Å². The first-order chi connectivity index (χ1) is 8.20. The minimum Gasteiger partial charge on any atom is -0.396 e. The van der Waals surface area contributed by atoms with Crippen molar-refractivity contribution in [3.8, 4) is 0 Å². The van der Waals surface area contributed by atoms with Gasteiger partial charge in [-0.2, -0.15) is 5.10 Å². The van der Waals surface area contributed by atoms with Crippen molar-refractivity contribution in [3.05, 3.63) is 41.4 Å². The average Bonchev–Trinajstić information content (AvgIpc) is 2.84. The monoisotopic (exact) mass is 248 g/mol. The summed E-state index contributed by atoms with van der Waals surface area (Å²) >= 11 is 1.46. The number of benzene rings is 1. The summed E-state index contributed by atoms with van der Waals surface area (Å²) in [5.74, 6) is -0.240. The molecule has 0 atom stereocenters. The molecule has 0 amide bonds. The zero-order valence-electron chi connectivity index (χ0n) is 8.80. The molecule has 0 aliphatic heterocycles. The van der Waals surface area contributed by atoms with Crippen molar-refractivity contribution >= 4 is 27.2 Å². The molecule has 86 valence electrons. The molecule has 2 N–H and O–H groups in total. The number of hydrogen-bond acceptors (Lipinski definition) is 4. The van der Waals surface area contributed by atoms with E-state index in [1.807, 2.05) is 0 Å². The van der Waals surface area contributed by atoms with E-state index in [0.717, 1.165) is 15.2 Å². The number of nitrogens with zero attached hydrogens (tertiary/aromatic N) is 3. The van der Waals surface area contributed by atoms with Gasteiger partial charge in [0, 0.05) is 6.20 Å². The Morgan fingerprint density at radius 1 is 1.41 bits per heavy atom. The SMILES string of the molecule is Nc1cnn(Cc2nc3ccc(F)cc3s2)c1. The molecule has 0 aliphatic carbocycles. The van der Waals surface area contributed by atoms with Crippen LogP contribution >= 0.6 is 11.3 Å². The summed E-state index contributed by atoms with van der Waals surface area (Å²) in [7, 11) is 0. The zero-order chi connectivity index (χ0) is 11.8. The number of rotatable bonds is 2. The maximum atomic E-state index is 13.0. The maximum Gasteiger partial charge on any atom is 0.124 e. The highest BCUT2D eigenvalue weighted by atomic mass is 32.1. The highest BCUT2D eigenvalue weighted by Crippen LogP contribution is 2.23. The van der Waals surface area contributed by atoms with Crippen LogP contribution in [0.5, 0.6) is 0 Å². The molecule has 6 heteroatoms. The van der Waals surface area contributed by atoms with Crippen molar-refractivity contribution in [1.29, 1.82) is 0 Å². The first-order valence-corrected chi connectivity index (χ1v) is 5.85. The molecule has 0 unspecified atom stereocenters. The Balaban J connectivity index is 1.95. The number of nitrogens with two attached hydrogens (primary N) is 1. The molecule has 0 fully saturated rings. The summed E-state index contributed by atoms with van der Waals surface area (Å²) in [6.45, 7) is 0.554. The van der Waals surface area contributed by atoms with Crippen LogP contribution in [-0.2, 0) is 6.54 Å². The summed E-state index contributed by atoms with van der Waals surface area (Å²) in [6.07, 6.45) is 3.33. The number of nitrogen functional groups attached to an aromatic ring is 1. The van der Waals surface area contributed by atoms with Crippen molar-refractivity contribution in [1.82, 2.24) is 14.8 Å². The van der Waals surface area contributed by atoms with E-state index in [0.29, 0.717) is 12.2 Å². The van der Waals surface area contributed by atoms with Crippen molar-refractivity contribution < 1.29 is 4.39 Å². The van der Waals surface area contributed by atoms with Crippen LogP contribution in [0, 0.1) is 5.82 Å². The van der Waals surface area contributed by atoms with Gasteiger partial charge in [-0.25, -0.2) is 9.37 Å². The van der Waals surface area contributed by atoms with Gasteiger partial charge in [0.2, 0.25) is 0 Å². The molecular weight excluding hydrogens is 239 g/mol. The highest BCUT2D eigenvalue weighted by Gasteiger charge is 2.06. The first-order valence-electron chi connectivity index (χ1n) is 5.03. The molecule has 3 aromatic rings. The van der Waals surface area contributed by atoms with Gasteiger partial charge in [-0.3, -0.25) is 4.68 Å². The van der Waals surface area contributed by atoms with Crippen LogP contribution in [0.1, 0.15) is 5.01 Å². The van der Waals surface area contributed by atoms with E-state index < -0.39 is 0 Å². The number of hydrogen-bond donors (Lipinski definition) is 1. The summed E-state index contributed by atoms with van der Waals surface area (Å²) in [5.41, 5.74) is 7.01. The Morgan fingerprint density at radius 2 is 2.29 bits per heavy atom. The Kier molecular flexibility index (Phi) is 2.29. The van der Waals surface area contributed by atoms with Gasteiger partial charge in [-0.05, 0) is 18.2 Å². The number of aromatic nitrogens is 3. The Labute approximate surface area is 101 Å². The molecular formula is C11H9FN4S. The smallest absolute Gasteiger partial charge is 0.124 e. The fraction of sp³-hybridized carbons (Fsp3) is 0.0909. The Bertz CT molecular complexity index is 673. The van der Waals surface area contributed by atoms with Gasteiger partial charge in [0.25, 0.3) is 0 Å². The lowest BCUT2D eigenvalue weighted by Gasteiger charge is -1.94. The van der Waals surface area contributed by atoms with Gasteiger partial charge in [0.05, 0.1) is 28.6 Å². The van der Waals surface area contributed by atoms with Gasteiger partial charge >= 0.3 is 0 Å². The van der Waals surface area contributed by atoms with Crippen LogP contribution in [0.25, 0.3) is 10.2 Å². The Morgan fingerprint density at radius 3 is 3.06 bits per heavy atom. The van der Waals surface area contributed by atoms with Crippen LogP contribution < -0.4 is 5.73 Å². The molecule has 0 aliphatic rings. The molecule has 0 saturated carbocycles. The first kappa shape index (κ1) is 10.2. The molecule has 0 bridgehead atoms. The standard InChI is InChI=1S/C11H9FN4S/c12-7-1-2-9-10(3-7)17-11(15-9)6-16-5-8(13)4-14-16/h1-5H,6,13H2. The van der Waals surface area contributed by atoms with E-state index in [1.165, 1.54) is 23.5 Å². The van der Waals surface area contributed by atoms with Crippen LogP contribution in [0.2, 0.25) is 0 Å². The average molecular weight is 248 g/mol. The van der Waals surface area contributed by atoms with E-state index in [1.54, 1.807) is 23.1 Å². The Hall–Kier alpha value is -1.95. The number of thiazole rings is 1. The highest BCUT2D eigenvalue weighted by molar-refractivity contribution is 7.18. The van der Waals surface area contributed by atoms with Crippen molar-refractivity contribution in [2.75, 3.05) is 5.73 Å². The number of halogens is 1. The summed E-state index contributed by atoms with van der Waals surface area (Å²) in [6, 6.07) is 4.59. The largest absolute Gasteiger partial charge is 0.396 e. The number of fused-ring (bicyclic) bond motifs is 1. The molecule has 0 radical (unpaired) electrons. The predicted molar refractivity (Wildman–Crippen MR) is 65.3 cm³/mol. The van der Waals surface area contributed by atoms with Crippen molar-refractivity contribution in [2.45, 2.75) is 6.54 Å². The molecule has 4 nitrogen and oxygen atoms in total. The minimum absolute atomic E-state index is 0.240. The van der Waals surface area contributed by atoms with E-state index in [9.17, 15) is 4.39 Å². The van der Waals surface area contributed by atoms with E-state index >= 15 is 0 Å². The molecule has 1 aromatic carbocycles. The van der Waals surface area contributed by atoms with Crippen molar-refractivity contribution in [3.63, 3.8) is 0 Å². The van der Waals surface area contributed by atoms with Crippen LogP contribution in [0.3, 0.4) is 0 Å². The fourth-order valence-electron chi connectivity index (χ4n) is 1.62. The van der Waals surface area contributed by atoms with E-state index in [2.05, 4.69) is 10.1 Å². The number of anilines is 1. The summed E-state index contributed by atoms with van der Waals surface area (Å²) < 4.78 is 15.6. The lowest BCUT2D eigenvalue weighted by Crippen LogP contribution is -1.98. The molecule has 2 heterocycles. The van der Waals surface area contributed by atoms with Crippen LogP contribution in [0.15, 0.2) is 30.6 Å². The third-order valence-corrected chi connectivity index (χ3v) is 3.35. The lowest BCUT2D eigenvalue weighted by atomic mass is 10.3. The van der Waals surface area contributed by atoms with E-state index in [-0.39, 0.29) is 5.82 Å². The normalized spacial score (nSPS) is 11.1. The van der Waals surface area contributed by atoms with Crippen LogP contribution in [0.4, 0.5) is 10.1 Å². The van der Waals surface area contributed by atoms with Gasteiger partial charge in [0.15, 0.2) is 0 Å². The third-order valence-electron chi connectivity index (χ3n) is 2.35. The predicted octanol–water partition coefficient (Wildman–Crippen LogP) is 2.26. The molecule has 0 saturated heterocycles. The minimum atomic E-state index is -0.240. The van der Waals surface area contributed by atoms with Gasteiger partial charge < -0.3 is 5.73 Å².